The first-order valence-corrected chi connectivity index (χ1v) is 8.53. The van der Waals surface area contributed by atoms with E-state index in [1.165, 1.54) is 30.4 Å². The lowest BCUT2D eigenvalue weighted by atomic mass is 10.1. The van der Waals surface area contributed by atoms with Gasteiger partial charge in [0.2, 0.25) is 0 Å². The van der Waals surface area contributed by atoms with Gasteiger partial charge in [-0.2, -0.15) is 0 Å². The molecule has 2 atom stereocenters. The smallest absolute Gasteiger partial charge is 0.122 e. The van der Waals surface area contributed by atoms with Gasteiger partial charge in [-0.1, -0.05) is 19.8 Å². The minimum Gasteiger partial charge on any atom is -0.493 e. The molecule has 122 valence electrons. The maximum atomic E-state index is 6.06. The lowest BCUT2D eigenvalue weighted by molar-refractivity contribution is 0.288. The summed E-state index contributed by atoms with van der Waals surface area (Å²) in [7, 11) is 2.03. The molecule has 1 aliphatic carbocycles. The van der Waals surface area contributed by atoms with Gasteiger partial charge in [-0.15, -0.1) is 0 Å². The third-order valence-electron chi connectivity index (χ3n) is 4.57. The fraction of sp³-hybridized carbons (Fsp3) is 0.632. The summed E-state index contributed by atoms with van der Waals surface area (Å²) in [4.78, 5) is 6.64. The van der Waals surface area contributed by atoms with Gasteiger partial charge in [-0.3, -0.25) is 0 Å². The summed E-state index contributed by atoms with van der Waals surface area (Å²) in [6, 6.07) is 4.26. The minimum atomic E-state index is 0.774. The van der Waals surface area contributed by atoms with Gasteiger partial charge in [-0.05, 0) is 62.3 Å². The number of benzene rings is 1. The first-order valence-electron chi connectivity index (χ1n) is 8.53. The summed E-state index contributed by atoms with van der Waals surface area (Å²) in [5, 5.41) is 0. The summed E-state index contributed by atoms with van der Waals surface area (Å²) in [6.07, 6.45) is 5.88. The van der Waals surface area contributed by atoms with Crippen LogP contribution in [0, 0.1) is 25.7 Å². The Morgan fingerprint density at radius 3 is 2.68 bits per heavy atom. The molecule has 0 N–H and O–H groups in total. The van der Waals surface area contributed by atoms with Gasteiger partial charge < -0.3 is 9.64 Å². The highest BCUT2D eigenvalue weighted by Gasteiger charge is 2.36. The Kier molecular flexibility index (Phi) is 5.87. The molecule has 3 heteroatoms. The monoisotopic (exact) mass is 302 g/mol. The van der Waals surface area contributed by atoms with Crippen molar-refractivity contribution in [3.63, 3.8) is 0 Å². The molecular weight excluding hydrogens is 272 g/mol. The number of aryl methyl sites for hydroxylation is 2. The van der Waals surface area contributed by atoms with Gasteiger partial charge in [0.25, 0.3) is 0 Å². The van der Waals surface area contributed by atoms with Crippen LogP contribution < -0.4 is 4.74 Å². The van der Waals surface area contributed by atoms with Crippen LogP contribution in [0.4, 0.5) is 5.69 Å². The van der Waals surface area contributed by atoms with E-state index in [0.717, 1.165) is 36.4 Å². The summed E-state index contributed by atoms with van der Waals surface area (Å²) in [5.74, 6) is 2.69. The standard InChI is InChI=1S/C19H30N2O/c1-6-8-16-11-17(16)12-22-19-10-14(3)18(9-15(19)4)20-13-21(5)7-2/h9-10,13,16-17H,6-8,11-12H2,1-5H3. The molecule has 0 bridgehead atoms. The van der Waals surface area contributed by atoms with Gasteiger partial charge in [0.05, 0.1) is 18.6 Å². The molecule has 0 spiro atoms. The first-order chi connectivity index (χ1) is 10.5. The first kappa shape index (κ1) is 16.9. The quantitative estimate of drug-likeness (QED) is 0.512. The molecule has 1 saturated carbocycles. The average Bonchev–Trinajstić information content (AvgIpc) is 3.24. The van der Waals surface area contributed by atoms with Gasteiger partial charge in [0, 0.05) is 13.6 Å². The van der Waals surface area contributed by atoms with Crippen molar-refractivity contribution >= 4 is 12.0 Å². The van der Waals surface area contributed by atoms with Crippen LogP contribution in [0.3, 0.4) is 0 Å². The van der Waals surface area contributed by atoms with Crippen molar-refractivity contribution in [3.05, 3.63) is 23.3 Å². The topological polar surface area (TPSA) is 24.8 Å². The summed E-state index contributed by atoms with van der Waals surface area (Å²) in [6.45, 7) is 10.4. The molecule has 2 rings (SSSR count). The minimum absolute atomic E-state index is 0.774. The number of ether oxygens (including phenoxy) is 1. The highest BCUT2D eigenvalue weighted by atomic mass is 16.5. The fourth-order valence-corrected chi connectivity index (χ4v) is 2.75. The van der Waals surface area contributed by atoms with Crippen molar-refractivity contribution in [1.29, 1.82) is 0 Å². The molecule has 1 fully saturated rings. The zero-order valence-electron chi connectivity index (χ0n) is 14.7. The normalized spacial score (nSPS) is 20.4. The second kappa shape index (κ2) is 7.66. The highest BCUT2D eigenvalue weighted by molar-refractivity contribution is 5.64. The van der Waals surface area contributed by atoms with Crippen molar-refractivity contribution in [3.8, 4) is 5.75 Å². The Morgan fingerprint density at radius 2 is 2.00 bits per heavy atom. The lowest BCUT2D eigenvalue weighted by Crippen LogP contribution is -2.14. The molecule has 0 saturated heterocycles. The molecule has 0 amide bonds. The zero-order chi connectivity index (χ0) is 16.1. The van der Waals surface area contributed by atoms with E-state index in [1.54, 1.807) is 0 Å². The predicted octanol–water partition coefficient (Wildman–Crippen LogP) is 4.73. The molecule has 0 aromatic heterocycles. The molecule has 1 aromatic rings. The van der Waals surface area contributed by atoms with Crippen LogP contribution in [0.25, 0.3) is 0 Å². The average molecular weight is 302 g/mol. The van der Waals surface area contributed by atoms with E-state index < -0.39 is 0 Å². The van der Waals surface area contributed by atoms with Crippen LogP contribution in [0.5, 0.6) is 5.75 Å². The second-order valence-corrected chi connectivity index (χ2v) is 6.58. The van der Waals surface area contributed by atoms with Crippen LogP contribution >= 0.6 is 0 Å². The van der Waals surface area contributed by atoms with Crippen LogP contribution in [0.1, 0.15) is 44.2 Å². The number of aliphatic imine (C=N–C) groups is 1. The molecule has 1 aliphatic rings. The van der Waals surface area contributed by atoms with Crippen molar-refractivity contribution in [2.75, 3.05) is 20.2 Å². The molecule has 22 heavy (non-hydrogen) atoms. The summed E-state index contributed by atoms with van der Waals surface area (Å²) < 4.78 is 6.06. The number of hydrogen-bond acceptors (Lipinski definition) is 2. The van der Waals surface area contributed by atoms with Crippen molar-refractivity contribution < 1.29 is 4.74 Å². The molecular formula is C19H30N2O. The van der Waals surface area contributed by atoms with Crippen molar-refractivity contribution in [1.82, 2.24) is 4.90 Å². The largest absolute Gasteiger partial charge is 0.493 e. The van der Waals surface area contributed by atoms with Gasteiger partial charge in [0.15, 0.2) is 0 Å². The van der Waals surface area contributed by atoms with Gasteiger partial charge in [-0.25, -0.2) is 4.99 Å². The highest BCUT2D eigenvalue weighted by Crippen LogP contribution is 2.42. The van der Waals surface area contributed by atoms with E-state index in [4.69, 9.17) is 4.74 Å². The third kappa shape index (κ3) is 4.49. The summed E-state index contributed by atoms with van der Waals surface area (Å²) in [5.41, 5.74) is 3.37. The molecule has 0 aliphatic heterocycles. The van der Waals surface area contributed by atoms with E-state index in [0.29, 0.717) is 0 Å². The van der Waals surface area contributed by atoms with Gasteiger partial charge in [0.1, 0.15) is 5.75 Å². The summed E-state index contributed by atoms with van der Waals surface area (Å²) >= 11 is 0. The van der Waals surface area contributed by atoms with E-state index in [1.807, 2.05) is 13.4 Å². The number of hydrogen-bond donors (Lipinski definition) is 0. The van der Waals surface area contributed by atoms with Crippen LogP contribution in [0.2, 0.25) is 0 Å². The maximum absolute atomic E-state index is 6.06. The van der Waals surface area contributed by atoms with E-state index in [9.17, 15) is 0 Å². The zero-order valence-corrected chi connectivity index (χ0v) is 14.7. The SMILES string of the molecule is CCCC1CC1COc1cc(C)c(N=CN(C)CC)cc1C. The van der Waals surface area contributed by atoms with E-state index in [-0.39, 0.29) is 0 Å². The Morgan fingerprint density at radius 1 is 1.23 bits per heavy atom. The predicted molar refractivity (Wildman–Crippen MR) is 94.4 cm³/mol. The van der Waals surface area contributed by atoms with E-state index >= 15 is 0 Å². The Hall–Kier alpha value is -1.51. The Bertz CT molecular complexity index is 524. The molecule has 0 radical (unpaired) electrons. The van der Waals surface area contributed by atoms with Crippen LogP contribution in [-0.4, -0.2) is 31.4 Å². The number of rotatable bonds is 8. The maximum Gasteiger partial charge on any atom is 0.122 e. The van der Waals surface area contributed by atoms with E-state index in [2.05, 4.69) is 49.7 Å². The van der Waals surface area contributed by atoms with Crippen molar-refractivity contribution in [2.24, 2.45) is 16.8 Å². The number of nitrogens with zero attached hydrogens (tertiary/aromatic N) is 2. The lowest BCUT2D eigenvalue weighted by Gasteiger charge is -2.13. The van der Waals surface area contributed by atoms with Crippen LogP contribution in [0.15, 0.2) is 17.1 Å². The molecule has 3 nitrogen and oxygen atoms in total. The van der Waals surface area contributed by atoms with Gasteiger partial charge >= 0.3 is 0 Å². The molecule has 1 aromatic carbocycles. The molecule has 0 heterocycles. The Balaban J connectivity index is 1.96. The van der Waals surface area contributed by atoms with Crippen LogP contribution in [-0.2, 0) is 0 Å². The Labute approximate surface area is 135 Å². The van der Waals surface area contributed by atoms with Crippen molar-refractivity contribution in [2.45, 2.75) is 47.0 Å². The molecule has 2 unspecified atom stereocenters. The second-order valence-electron chi connectivity index (χ2n) is 6.58. The third-order valence-corrected chi connectivity index (χ3v) is 4.57. The fourth-order valence-electron chi connectivity index (χ4n) is 2.75.